The number of aliphatic hydroxyl groups is 1. The van der Waals surface area contributed by atoms with Gasteiger partial charge in [-0.1, -0.05) is 29.8 Å². The highest BCUT2D eigenvalue weighted by atomic mass is 35.5. The van der Waals surface area contributed by atoms with E-state index >= 15 is 0 Å². The average molecular weight is 501 g/mol. The minimum Gasteiger partial charge on any atom is -0.491 e. The minimum atomic E-state index is -0.479. The summed E-state index contributed by atoms with van der Waals surface area (Å²) in [6.07, 6.45) is 3.55. The highest BCUT2D eigenvalue weighted by Crippen LogP contribution is 2.37. The molecule has 2 atom stereocenters. The van der Waals surface area contributed by atoms with Gasteiger partial charge in [-0.25, -0.2) is 9.78 Å². The molecule has 1 aromatic carbocycles. The number of benzene rings is 1. The molecule has 0 saturated carbocycles. The predicted molar refractivity (Wildman–Crippen MR) is 129 cm³/mol. The maximum atomic E-state index is 13.4. The van der Waals surface area contributed by atoms with Crippen LogP contribution in [0.4, 0.5) is 0 Å². The van der Waals surface area contributed by atoms with Crippen molar-refractivity contribution in [1.82, 2.24) is 9.88 Å². The molecule has 1 fully saturated rings. The lowest BCUT2D eigenvalue weighted by atomic mass is 9.84. The van der Waals surface area contributed by atoms with Crippen LogP contribution in [0.1, 0.15) is 43.2 Å². The molecular weight excluding hydrogens is 472 g/mol. The number of aromatic nitrogens is 1. The molecule has 0 unspecified atom stereocenters. The zero-order chi connectivity index (χ0) is 24.8. The zero-order valence-electron chi connectivity index (χ0n) is 19.6. The Bertz CT molecular complexity index is 1060. The molecule has 2 aliphatic heterocycles. The van der Waals surface area contributed by atoms with Crippen molar-refractivity contribution in [3.8, 4) is 5.75 Å². The fraction of sp³-hybridized carbons (Fsp3) is 0.423. The van der Waals surface area contributed by atoms with Gasteiger partial charge in [-0.3, -0.25) is 4.79 Å². The lowest BCUT2D eigenvalue weighted by Crippen LogP contribution is -2.42. The number of aliphatic hydroxyl groups excluding tert-OH is 1. The summed E-state index contributed by atoms with van der Waals surface area (Å²) in [7, 11) is 0. The molecule has 0 spiro atoms. The van der Waals surface area contributed by atoms with Crippen LogP contribution in [0.2, 0.25) is 5.15 Å². The number of nitrogens with zero attached hydrogens (tertiary/aromatic N) is 2. The van der Waals surface area contributed by atoms with Gasteiger partial charge in [0.05, 0.1) is 24.8 Å². The summed E-state index contributed by atoms with van der Waals surface area (Å²) >= 11 is 5.96. The standard InChI is InChI=1S/C26H29ClN2O6/c1-17-25(26(32)35-16-18-4-7-20(8-5-18)34-12-10-30)22(19-6-9-23(27)28-14-19)13-24(31)29(17)15-21-3-2-11-33-21/h4-9,14,21-22,30H,2-3,10-13,15-16H2,1H3/t21-,22+/m1/s1. The summed E-state index contributed by atoms with van der Waals surface area (Å²) in [6.45, 7) is 3.11. The molecule has 1 N–H and O–H groups in total. The largest absolute Gasteiger partial charge is 0.491 e. The van der Waals surface area contributed by atoms with E-state index in [1.807, 2.05) is 0 Å². The third-order valence-corrected chi connectivity index (χ3v) is 6.48. The van der Waals surface area contributed by atoms with Crippen LogP contribution in [-0.2, 0) is 25.7 Å². The Morgan fingerprint density at radius 3 is 2.71 bits per heavy atom. The van der Waals surface area contributed by atoms with E-state index in [2.05, 4.69) is 4.98 Å². The highest BCUT2D eigenvalue weighted by Gasteiger charge is 2.38. The zero-order valence-corrected chi connectivity index (χ0v) is 20.4. The van der Waals surface area contributed by atoms with E-state index in [0.717, 1.165) is 24.0 Å². The Labute approximate surface area is 209 Å². The topological polar surface area (TPSA) is 98.2 Å². The summed E-state index contributed by atoms with van der Waals surface area (Å²) in [5.74, 6) is -0.394. The normalized spacial score (nSPS) is 20.3. The second-order valence-electron chi connectivity index (χ2n) is 8.60. The fourth-order valence-electron chi connectivity index (χ4n) is 4.44. The van der Waals surface area contributed by atoms with E-state index in [4.69, 9.17) is 30.9 Å². The van der Waals surface area contributed by atoms with Crippen molar-refractivity contribution >= 4 is 23.5 Å². The Morgan fingerprint density at radius 2 is 2.06 bits per heavy atom. The van der Waals surface area contributed by atoms with Gasteiger partial charge >= 0.3 is 5.97 Å². The van der Waals surface area contributed by atoms with E-state index < -0.39 is 11.9 Å². The second-order valence-corrected chi connectivity index (χ2v) is 8.99. The van der Waals surface area contributed by atoms with Gasteiger partial charge in [-0.2, -0.15) is 0 Å². The van der Waals surface area contributed by atoms with Gasteiger partial charge < -0.3 is 24.2 Å². The predicted octanol–water partition coefficient (Wildman–Crippen LogP) is 3.62. The lowest BCUT2D eigenvalue weighted by molar-refractivity contribution is -0.141. The number of carbonyl (C=O) groups excluding carboxylic acids is 2. The Balaban J connectivity index is 1.55. The first kappa shape index (κ1) is 25.2. The fourth-order valence-corrected chi connectivity index (χ4v) is 4.55. The molecule has 0 aliphatic carbocycles. The van der Waals surface area contributed by atoms with Crippen LogP contribution in [0.15, 0.2) is 53.9 Å². The number of esters is 1. The molecule has 0 bridgehead atoms. The van der Waals surface area contributed by atoms with Crippen molar-refractivity contribution in [2.45, 2.75) is 44.8 Å². The number of ether oxygens (including phenoxy) is 3. The van der Waals surface area contributed by atoms with Gasteiger partial charge in [0, 0.05) is 30.8 Å². The molecule has 1 aromatic heterocycles. The lowest BCUT2D eigenvalue weighted by Gasteiger charge is -2.35. The Hall–Kier alpha value is -2.94. The van der Waals surface area contributed by atoms with Crippen LogP contribution in [0.5, 0.6) is 5.75 Å². The van der Waals surface area contributed by atoms with Crippen LogP contribution < -0.4 is 4.74 Å². The Kier molecular flexibility index (Phi) is 8.38. The van der Waals surface area contributed by atoms with Crippen LogP contribution in [-0.4, -0.2) is 59.3 Å². The molecule has 1 saturated heterocycles. The van der Waals surface area contributed by atoms with Gasteiger partial charge in [0.1, 0.15) is 24.1 Å². The van der Waals surface area contributed by atoms with Crippen molar-refractivity contribution in [2.24, 2.45) is 0 Å². The van der Waals surface area contributed by atoms with Gasteiger partial charge in [-0.05, 0) is 49.1 Å². The molecule has 9 heteroatoms. The molecule has 0 radical (unpaired) electrons. The van der Waals surface area contributed by atoms with Crippen molar-refractivity contribution < 1.29 is 28.9 Å². The first-order valence-electron chi connectivity index (χ1n) is 11.7. The van der Waals surface area contributed by atoms with E-state index in [1.165, 1.54) is 0 Å². The number of amides is 1. The van der Waals surface area contributed by atoms with E-state index in [9.17, 15) is 9.59 Å². The van der Waals surface area contributed by atoms with Crippen molar-refractivity contribution in [3.05, 3.63) is 70.1 Å². The van der Waals surface area contributed by atoms with Crippen LogP contribution >= 0.6 is 11.6 Å². The van der Waals surface area contributed by atoms with Gasteiger partial charge in [0.15, 0.2) is 0 Å². The molecule has 3 heterocycles. The molecule has 4 rings (SSSR count). The molecule has 35 heavy (non-hydrogen) atoms. The average Bonchev–Trinajstić information content (AvgIpc) is 3.38. The number of pyridine rings is 1. The number of halogens is 1. The third kappa shape index (κ3) is 6.20. The van der Waals surface area contributed by atoms with E-state index in [1.54, 1.807) is 54.4 Å². The van der Waals surface area contributed by atoms with E-state index in [-0.39, 0.29) is 38.3 Å². The molecule has 2 aromatic rings. The first-order chi connectivity index (χ1) is 17.0. The van der Waals surface area contributed by atoms with Crippen molar-refractivity contribution in [1.29, 1.82) is 0 Å². The summed E-state index contributed by atoms with van der Waals surface area (Å²) in [5.41, 5.74) is 2.54. The van der Waals surface area contributed by atoms with Crippen LogP contribution in [0.25, 0.3) is 0 Å². The maximum absolute atomic E-state index is 13.4. The number of rotatable bonds is 9. The Morgan fingerprint density at radius 1 is 1.26 bits per heavy atom. The van der Waals surface area contributed by atoms with Gasteiger partial charge in [0.25, 0.3) is 0 Å². The SMILES string of the molecule is CC1=C(C(=O)OCc2ccc(OCCO)cc2)[C@H](c2ccc(Cl)nc2)CC(=O)N1C[C@H]1CCCO1. The monoisotopic (exact) mass is 500 g/mol. The summed E-state index contributed by atoms with van der Waals surface area (Å²) in [4.78, 5) is 32.3. The number of allylic oxidation sites excluding steroid dienone is 1. The second kappa shape index (κ2) is 11.7. The summed E-state index contributed by atoms with van der Waals surface area (Å²) < 4.78 is 16.8. The quantitative estimate of drug-likeness (QED) is 0.414. The summed E-state index contributed by atoms with van der Waals surface area (Å²) in [6, 6.07) is 10.6. The van der Waals surface area contributed by atoms with Crippen molar-refractivity contribution in [2.75, 3.05) is 26.4 Å². The number of hydrogen-bond acceptors (Lipinski definition) is 7. The molecule has 1 amide bonds. The molecule has 8 nitrogen and oxygen atoms in total. The highest BCUT2D eigenvalue weighted by molar-refractivity contribution is 6.29. The van der Waals surface area contributed by atoms with Crippen LogP contribution in [0, 0.1) is 0 Å². The maximum Gasteiger partial charge on any atom is 0.336 e. The summed E-state index contributed by atoms with van der Waals surface area (Å²) in [5, 5.41) is 9.22. The first-order valence-corrected chi connectivity index (χ1v) is 12.1. The number of hydrogen-bond donors (Lipinski definition) is 1. The molecular formula is C26H29ClN2O6. The van der Waals surface area contributed by atoms with Crippen molar-refractivity contribution in [3.63, 3.8) is 0 Å². The minimum absolute atomic E-state index is 0.0357. The molecule has 186 valence electrons. The van der Waals surface area contributed by atoms with Gasteiger partial charge in [0.2, 0.25) is 5.91 Å². The van der Waals surface area contributed by atoms with Crippen LogP contribution in [0.3, 0.4) is 0 Å². The molecule has 2 aliphatic rings. The smallest absolute Gasteiger partial charge is 0.336 e. The third-order valence-electron chi connectivity index (χ3n) is 6.26. The number of carbonyl (C=O) groups is 2. The van der Waals surface area contributed by atoms with Gasteiger partial charge in [-0.15, -0.1) is 0 Å². The van der Waals surface area contributed by atoms with E-state index in [0.29, 0.717) is 35.3 Å².